The van der Waals surface area contributed by atoms with Gasteiger partial charge in [0.25, 0.3) is 5.91 Å². The maximum absolute atomic E-state index is 12.5. The van der Waals surface area contributed by atoms with Crippen molar-refractivity contribution in [2.45, 2.75) is 4.90 Å². The third-order valence-electron chi connectivity index (χ3n) is 4.16. The predicted octanol–water partition coefficient (Wildman–Crippen LogP) is 3.46. The van der Waals surface area contributed by atoms with Crippen molar-refractivity contribution in [3.63, 3.8) is 0 Å². The highest BCUT2D eigenvalue weighted by Gasteiger charge is 2.19. The van der Waals surface area contributed by atoms with Crippen LogP contribution in [0.5, 0.6) is 0 Å². The first-order valence-corrected chi connectivity index (χ1v) is 10.2. The van der Waals surface area contributed by atoms with Gasteiger partial charge in [-0.15, -0.1) is 11.8 Å². The van der Waals surface area contributed by atoms with Crippen molar-refractivity contribution < 1.29 is 29.4 Å². The first kappa shape index (κ1) is 22.5. The van der Waals surface area contributed by atoms with Crippen molar-refractivity contribution >= 4 is 47.0 Å². The predicted molar refractivity (Wildman–Crippen MR) is 118 cm³/mol. The van der Waals surface area contributed by atoms with E-state index in [1.807, 2.05) is 0 Å². The van der Waals surface area contributed by atoms with Crippen molar-refractivity contribution in [2.75, 3.05) is 16.4 Å². The van der Waals surface area contributed by atoms with Gasteiger partial charge in [-0.1, -0.05) is 6.07 Å². The second kappa shape index (κ2) is 10.2. The number of benzene rings is 2. The van der Waals surface area contributed by atoms with Gasteiger partial charge in [0, 0.05) is 16.8 Å². The summed E-state index contributed by atoms with van der Waals surface area (Å²) in [5.74, 6) is -2.96. The Labute approximate surface area is 186 Å². The standard InChI is InChI=1S/C22H17N3O6S/c26-19(25-18-3-1-2-10-23-18)12-32-15-7-5-14(6-8-15)24-20(27)16-9-4-13(21(28)29)11-17(16)22(30)31/h1-11H,12H2,(H,24,27)(H,28,29)(H,30,31)(H,23,25,26). The minimum Gasteiger partial charge on any atom is -0.478 e. The molecule has 2 aromatic carbocycles. The van der Waals surface area contributed by atoms with E-state index in [4.69, 9.17) is 5.11 Å². The van der Waals surface area contributed by atoms with E-state index in [1.54, 1.807) is 48.7 Å². The molecule has 162 valence electrons. The fraction of sp³-hybridized carbons (Fsp3) is 0.0455. The number of nitrogens with zero attached hydrogens (tertiary/aromatic N) is 1. The van der Waals surface area contributed by atoms with Crippen LogP contribution in [-0.4, -0.2) is 44.7 Å². The monoisotopic (exact) mass is 451 g/mol. The number of aromatic carboxylic acids is 2. The molecule has 9 nitrogen and oxygen atoms in total. The highest BCUT2D eigenvalue weighted by atomic mass is 32.2. The summed E-state index contributed by atoms with van der Waals surface area (Å²) < 4.78 is 0. The summed E-state index contributed by atoms with van der Waals surface area (Å²) in [5.41, 5.74) is -0.385. The molecule has 0 radical (unpaired) electrons. The van der Waals surface area contributed by atoms with Gasteiger partial charge in [-0.3, -0.25) is 9.59 Å². The summed E-state index contributed by atoms with van der Waals surface area (Å²) in [4.78, 5) is 51.8. The fourth-order valence-corrected chi connectivity index (χ4v) is 3.35. The van der Waals surface area contributed by atoms with E-state index in [9.17, 15) is 24.3 Å². The Kier molecular flexibility index (Phi) is 7.19. The number of pyridine rings is 1. The van der Waals surface area contributed by atoms with Crippen LogP contribution < -0.4 is 10.6 Å². The number of anilines is 2. The molecule has 0 aliphatic rings. The average Bonchev–Trinajstić information content (AvgIpc) is 2.78. The molecule has 1 heterocycles. The van der Waals surface area contributed by atoms with Gasteiger partial charge in [0.1, 0.15) is 5.82 Å². The first-order chi connectivity index (χ1) is 15.3. The van der Waals surface area contributed by atoms with E-state index in [-0.39, 0.29) is 22.8 Å². The summed E-state index contributed by atoms with van der Waals surface area (Å²) in [6.45, 7) is 0. The van der Waals surface area contributed by atoms with E-state index in [0.717, 1.165) is 17.0 Å². The normalized spacial score (nSPS) is 10.2. The second-order valence-electron chi connectivity index (χ2n) is 6.40. The SMILES string of the molecule is O=C(CSc1ccc(NC(=O)c2ccc(C(=O)O)cc2C(=O)O)cc1)Nc1ccccn1. The zero-order chi connectivity index (χ0) is 23.1. The molecule has 0 bridgehead atoms. The molecule has 0 fully saturated rings. The molecule has 10 heteroatoms. The molecule has 0 saturated carbocycles. The number of amides is 2. The molecule has 32 heavy (non-hydrogen) atoms. The quantitative estimate of drug-likeness (QED) is 0.381. The summed E-state index contributed by atoms with van der Waals surface area (Å²) in [5, 5.41) is 23.6. The molecule has 0 saturated heterocycles. The smallest absolute Gasteiger partial charge is 0.336 e. The van der Waals surface area contributed by atoms with E-state index < -0.39 is 23.4 Å². The van der Waals surface area contributed by atoms with Crippen LogP contribution >= 0.6 is 11.8 Å². The van der Waals surface area contributed by atoms with E-state index in [2.05, 4.69) is 15.6 Å². The van der Waals surface area contributed by atoms with Crippen LogP contribution in [0.4, 0.5) is 11.5 Å². The fourth-order valence-electron chi connectivity index (χ4n) is 2.65. The maximum atomic E-state index is 12.5. The van der Waals surface area contributed by atoms with E-state index in [1.165, 1.54) is 17.8 Å². The lowest BCUT2D eigenvalue weighted by Gasteiger charge is -2.09. The third-order valence-corrected chi connectivity index (χ3v) is 5.17. The number of hydrogen-bond donors (Lipinski definition) is 4. The highest BCUT2D eigenvalue weighted by Crippen LogP contribution is 2.22. The number of carbonyl (C=O) groups excluding carboxylic acids is 2. The lowest BCUT2D eigenvalue weighted by atomic mass is 10.0. The van der Waals surface area contributed by atoms with E-state index >= 15 is 0 Å². The van der Waals surface area contributed by atoms with Gasteiger partial charge in [-0.2, -0.15) is 0 Å². The Morgan fingerprint density at radius 2 is 1.59 bits per heavy atom. The lowest BCUT2D eigenvalue weighted by molar-refractivity contribution is -0.113. The molecule has 0 atom stereocenters. The van der Waals surface area contributed by atoms with Crippen LogP contribution in [0.25, 0.3) is 0 Å². The van der Waals surface area contributed by atoms with Gasteiger partial charge in [0.2, 0.25) is 5.91 Å². The lowest BCUT2D eigenvalue weighted by Crippen LogP contribution is -2.17. The van der Waals surface area contributed by atoms with Crippen molar-refractivity contribution in [1.29, 1.82) is 0 Å². The van der Waals surface area contributed by atoms with Crippen LogP contribution in [0.3, 0.4) is 0 Å². The minimum atomic E-state index is -1.41. The maximum Gasteiger partial charge on any atom is 0.336 e. The average molecular weight is 451 g/mol. The van der Waals surface area contributed by atoms with Gasteiger partial charge < -0.3 is 20.8 Å². The first-order valence-electron chi connectivity index (χ1n) is 9.19. The molecule has 3 aromatic rings. The Morgan fingerprint density at radius 3 is 2.22 bits per heavy atom. The van der Waals surface area contributed by atoms with Crippen molar-refractivity contribution in [1.82, 2.24) is 4.98 Å². The number of carboxylic acids is 2. The van der Waals surface area contributed by atoms with Gasteiger partial charge in [-0.25, -0.2) is 14.6 Å². The van der Waals surface area contributed by atoms with Crippen molar-refractivity contribution in [2.24, 2.45) is 0 Å². The van der Waals surface area contributed by atoms with Gasteiger partial charge in [-0.05, 0) is 54.6 Å². The molecule has 0 unspecified atom stereocenters. The summed E-state index contributed by atoms with van der Waals surface area (Å²) in [6.07, 6.45) is 1.58. The Hall–Kier alpha value is -4.18. The van der Waals surface area contributed by atoms with Gasteiger partial charge in [0.05, 0.1) is 22.4 Å². The Morgan fingerprint density at radius 1 is 0.844 bits per heavy atom. The number of nitrogens with one attached hydrogen (secondary N) is 2. The molecule has 0 aliphatic carbocycles. The molecular weight excluding hydrogens is 434 g/mol. The largest absolute Gasteiger partial charge is 0.478 e. The number of hydrogen-bond acceptors (Lipinski definition) is 6. The zero-order valence-electron chi connectivity index (χ0n) is 16.4. The summed E-state index contributed by atoms with van der Waals surface area (Å²) in [7, 11) is 0. The molecule has 4 N–H and O–H groups in total. The molecule has 3 rings (SSSR count). The summed E-state index contributed by atoms with van der Waals surface area (Å²) >= 11 is 1.30. The molecule has 0 aliphatic heterocycles. The van der Waals surface area contributed by atoms with Gasteiger partial charge >= 0.3 is 11.9 Å². The number of carboxylic acid groups (broad SMARTS) is 2. The van der Waals surface area contributed by atoms with Crippen LogP contribution in [0.15, 0.2) is 71.8 Å². The molecule has 2 amide bonds. The Bertz CT molecular complexity index is 1170. The number of aromatic nitrogens is 1. The van der Waals surface area contributed by atoms with Crippen LogP contribution in [-0.2, 0) is 4.79 Å². The second-order valence-corrected chi connectivity index (χ2v) is 7.45. The van der Waals surface area contributed by atoms with Crippen LogP contribution in [0.2, 0.25) is 0 Å². The third kappa shape index (κ3) is 5.92. The number of thioether (sulfide) groups is 1. The minimum absolute atomic E-state index is 0.160. The highest BCUT2D eigenvalue weighted by molar-refractivity contribution is 8.00. The van der Waals surface area contributed by atoms with Crippen molar-refractivity contribution in [3.8, 4) is 0 Å². The van der Waals surface area contributed by atoms with Crippen LogP contribution in [0.1, 0.15) is 31.1 Å². The van der Waals surface area contributed by atoms with Gasteiger partial charge in [0.15, 0.2) is 0 Å². The molecule has 0 spiro atoms. The summed E-state index contributed by atoms with van der Waals surface area (Å²) in [6, 6.07) is 15.1. The van der Waals surface area contributed by atoms with Crippen LogP contribution in [0, 0.1) is 0 Å². The van der Waals surface area contributed by atoms with Crippen molar-refractivity contribution in [3.05, 3.63) is 83.6 Å². The topological polar surface area (TPSA) is 146 Å². The van der Waals surface area contributed by atoms with E-state index in [0.29, 0.717) is 11.5 Å². The Balaban J connectivity index is 1.61. The molecule has 1 aromatic heterocycles. The number of rotatable bonds is 8. The zero-order valence-corrected chi connectivity index (χ0v) is 17.3. The number of carbonyl (C=O) groups is 4. The molecular formula is C22H17N3O6S.